The highest BCUT2D eigenvalue weighted by atomic mass is 16.7. The van der Waals surface area contributed by atoms with Crippen molar-refractivity contribution in [3.63, 3.8) is 0 Å². The zero-order valence-electron chi connectivity index (χ0n) is 13.2. The highest BCUT2D eigenvalue weighted by molar-refractivity contribution is 5.46. The summed E-state index contributed by atoms with van der Waals surface area (Å²) in [5.41, 5.74) is 0. The maximum atomic E-state index is 10.3. The highest BCUT2D eigenvalue weighted by Crippen LogP contribution is 2.35. The van der Waals surface area contributed by atoms with Crippen LogP contribution in [0.3, 0.4) is 0 Å². The van der Waals surface area contributed by atoms with Crippen LogP contribution < -0.4 is 19.1 Å². The van der Waals surface area contributed by atoms with E-state index in [1.165, 1.54) is 37.1 Å². The molecule has 3 atom stereocenters. The van der Waals surface area contributed by atoms with E-state index < -0.39 is 6.10 Å². The molecule has 0 spiro atoms. The minimum atomic E-state index is -0.437. The van der Waals surface area contributed by atoms with Gasteiger partial charge in [-0.15, -0.1) is 0 Å². The topological polar surface area (TPSA) is 52.4 Å². The molecule has 2 aliphatic rings. The van der Waals surface area contributed by atoms with Crippen molar-refractivity contribution in [3.8, 4) is 17.2 Å². The predicted octanol–water partition coefficient (Wildman–Crippen LogP) is 1.00. The van der Waals surface area contributed by atoms with Crippen LogP contribution in [-0.4, -0.2) is 43.7 Å². The first kappa shape index (κ1) is 15.4. The standard InChI is InChI=1S/C17H25NO4/c1-2-13-5-3-4-8-18(13)10-14(19)11-20-15-6-7-16-17(9-15)22-12-21-16/h6-7,9,13-14,19H,2-5,8,10-12H2,1H3/p+1/t13-,14-/m0/s1. The maximum absolute atomic E-state index is 10.3. The summed E-state index contributed by atoms with van der Waals surface area (Å²) in [6, 6.07) is 6.20. The van der Waals surface area contributed by atoms with Crippen molar-refractivity contribution in [1.82, 2.24) is 0 Å². The fourth-order valence-corrected chi connectivity index (χ4v) is 3.43. The summed E-state index contributed by atoms with van der Waals surface area (Å²) < 4.78 is 16.3. The first-order valence-corrected chi connectivity index (χ1v) is 8.31. The van der Waals surface area contributed by atoms with E-state index >= 15 is 0 Å². The minimum Gasteiger partial charge on any atom is -0.491 e. The number of quaternary nitrogens is 1. The zero-order valence-corrected chi connectivity index (χ0v) is 13.2. The van der Waals surface area contributed by atoms with Gasteiger partial charge in [0, 0.05) is 6.07 Å². The molecule has 0 radical (unpaired) electrons. The Bertz CT molecular complexity index is 494. The minimum absolute atomic E-state index is 0.262. The van der Waals surface area contributed by atoms with Crippen LogP contribution in [0.25, 0.3) is 0 Å². The van der Waals surface area contributed by atoms with Crippen molar-refractivity contribution in [1.29, 1.82) is 0 Å². The maximum Gasteiger partial charge on any atom is 0.231 e. The van der Waals surface area contributed by atoms with Crippen molar-refractivity contribution >= 4 is 0 Å². The van der Waals surface area contributed by atoms with Crippen LogP contribution in [0.1, 0.15) is 32.6 Å². The molecular weight excluding hydrogens is 282 g/mol. The Morgan fingerprint density at radius 1 is 1.32 bits per heavy atom. The lowest BCUT2D eigenvalue weighted by molar-refractivity contribution is -0.933. The average molecular weight is 308 g/mol. The lowest BCUT2D eigenvalue weighted by Gasteiger charge is -2.33. The van der Waals surface area contributed by atoms with E-state index in [1.54, 1.807) is 0 Å². The Morgan fingerprint density at radius 2 is 2.18 bits per heavy atom. The molecule has 0 aromatic heterocycles. The molecule has 122 valence electrons. The molecular formula is C17H26NO4+. The van der Waals surface area contributed by atoms with Gasteiger partial charge in [-0.05, 0) is 37.8 Å². The number of likely N-dealkylation sites (tertiary alicyclic amines) is 1. The largest absolute Gasteiger partial charge is 0.491 e. The van der Waals surface area contributed by atoms with Gasteiger partial charge in [0.1, 0.15) is 25.0 Å². The number of benzene rings is 1. The summed E-state index contributed by atoms with van der Waals surface area (Å²) in [5, 5.41) is 10.3. The van der Waals surface area contributed by atoms with Gasteiger partial charge in [-0.1, -0.05) is 6.92 Å². The third kappa shape index (κ3) is 3.65. The fraction of sp³-hybridized carbons (Fsp3) is 0.647. The molecule has 5 nitrogen and oxygen atoms in total. The Labute approximate surface area is 131 Å². The molecule has 1 unspecified atom stereocenters. The molecule has 1 saturated heterocycles. The summed E-state index contributed by atoms with van der Waals surface area (Å²) in [4.78, 5) is 1.52. The van der Waals surface area contributed by atoms with E-state index in [1.807, 2.05) is 18.2 Å². The van der Waals surface area contributed by atoms with Gasteiger partial charge >= 0.3 is 0 Å². The first-order valence-electron chi connectivity index (χ1n) is 8.31. The summed E-state index contributed by atoms with van der Waals surface area (Å²) in [6.45, 7) is 4.76. The third-order valence-corrected chi connectivity index (χ3v) is 4.65. The van der Waals surface area contributed by atoms with Crippen LogP contribution >= 0.6 is 0 Å². The molecule has 5 heteroatoms. The predicted molar refractivity (Wildman–Crippen MR) is 82.7 cm³/mol. The summed E-state index contributed by atoms with van der Waals surface area (Å²) in [7, 11) is 0. The van der Waals surface area contributed by atoms with Crippen molar-refractivity contribution in [2.75, 3.05) is 26.5 Å². The number of rotatable bonds is 6. The fourth-order valence-electron chi connectivity index (χ4n) is 3.43. The molecule has 3 rings (SSSR count). The molecule has 1 fully saturated rings. The molecule has 0 bridgehead atoms. The van der Waals surface area contributed by atoms with E-state index in [0.717, 1.165) is 12.3 Å². The van der Waals surface area contributed by atoms with E-state index in [2.05, 4.69) is 6.92 Å². The van der Waals surface area contributed by atoms with E-state index in [-0.39, 0.29) is 6.79 Å². The normalized spacial score (nSPS) is 25.0. The van der Waals surface area contributed by atoms with Crippen LogP contribution in [0.15, 0.2) is 18.2 Å². The van der Waals surface area contributed by atoms with Crippen LogP contribution in [0.2, 0.25) is 0 Å². The Balaban J connectivity index is 1.48. The number of fused-ring (bicyclic) bond motifs is 1. The zero-order chi connectivity index (χ0) is 15.4. The van der Waals surface area contributed by atoms with Crippen LogP contribution in [-0.2, 0) is 0 Å². The third-order valence-electron chi connectivity index (χ3n) is 4.65. The first-order chi connectivity index (χ1) is 10.8. The Morgan fingerprint density at radius 3 is 3.05 bits per heavy atom. The molecule has 2 heterocycles. The van der Waals surface area contributed by atoms with E-state index in [4.69, 9.17) is 14.2 Å². The summed E-state index contributed by atoms with van der Waals surface area (Å²) in [6.07, 6.45) is 4.62. The van der Waals surface area contributed by atoms with Gasteiger partial charge in [0.15, 0.2) is 11.5 Å². The number of nitrogens with one attached hydrogen (secondary N) is 1. The SMILES string of the molecule is CC[C@H]1CCCC[NH+]1C[C@H](O)COc1ccc2c(c1)OCO2. The Kier molecular flexibility index (Phi) is 5.05. The van der Waals surface area contributed by atoms with E-state index in [9.17, 15) is 5.11 Å². The van der Waals surface area contributed by atoms with Crippen molar-refractivity contribution < 1.29 is 24.2 Å². The molecule has 22 heavy (non-hydrogen) atoms. The molecule has 2 aliphatic heterocycles. The van der Waals surface area contributed by atoms with Gasteiger partial charge in [0.2, 0.25) is 6.79 Å². The van der Waals surface area contributed by atoms with Crippen LogP contribution in [0.5, 0.6) is 17.2 Å². The second-order valence-corrected chi connectivity index (χ2v) is 6.19. The second kappa shape index (κ2) is 7.20. The quantitative estimate of drug-likeness (QED) is 0.823. The number of aliphatic hydroxyl groups is 1. The van der Waals surface area contributed by atoms with Crippen molar-refractivity contribution in [2.24, 2.45) is 0 Å². The van der Waals surface area contributed by atoms with Crippen molar-refractivity contribution in [2.45, 2.75) is 44.8 Å². The number of hydrogen-bond acceptors (Lipinski definition) is 4. The van der Waals surface area contributed by atoms with Gasteiger partial charge in [-0.3, -0.25) is 0 Å². The lowest BCUT2D eigenvalue weighted by Crippen LogP contribution is -3.17. The molecule has 0 aliphatic carbocycles. The second-order valence-electron chi connectivity index (χ2n) is 6.19. The number of ether oxygens (including phenoxy) is 3. The molecule has 2 N–H and O–H groups in total. The van der Waals surface area contributed by atoms with Gasteiger partial charge in [0.25, 0.3) is 0 Å². The average Bonchev–Trinajstić information content (AvgIpc) is 3.01. The molecule has 0 amide bonds. The monoisotopic (exact) mass is 308 g/mol. The Hall–Kier alpha value is -1.46. The smallest absolute Gasteiger partial charge is 0.231 e. The van der Waals surface area contributed by atoms with Gasteiger partial charge in [0.05, 0.1) is 12.6 Å². The molecule has 0 saturated carbocycles. The number of hydrogen-bond donors (Lipinski definition) is 2. The number of aliphatic hydroxyl groups excluding tert-OH is 1. The van der Waals surface area contributed by atoms with E-state index in [0.29, 0.717) is 24.1 Å². The summed E-state index contributed by atoms with van der Waals surface area (Å²) in [5.74, 6) is 2.17. The number of piperidine rings is 1. The molecule has 1 aromatic carbocycles. The van der Waals surface area contributed by atoms with Gasteiger partial charge in [-0.25, -0.2) is 0 Å². The lowest BCUT2D eigenvalue weighted by atomic mass is 10.00. The van der Waals surface area contributed by atoms with Gasteiger partial charge in [-0.2, -0.15) is 0 Å². The highest BCUT2D eigenvalue weighted by Gasteiger charge is 2.26. The van der Waals surface area contributed by atoms with Gasteiger partial charge < -0.3 is 24.2 Å². The molecule has 1 aromatic rings. The summed E-state index contributed by atoms with van der Waals surface area (Å²) >= 11 is 0. The van der Waals surface area contributed by atoms with Crippen LogP contribution in [0.4, 0.5) is 0 Å². The van der Waals surface area contributed by atoms with Crippen LogP contribution in [0, 0.1) is 0 Å². The van der Waals surface area contributed by atoms with Crippen molar-refractivity contribution in [3.05, 3.63) is 18.2 Å².